The molecule has 1 saturated carbocycles. The van der Waals surface area contributed by atoms with Crippen molar-refractivity contribution in [2.75, 3.05) is 12.8 Å². The zero-order valence-electron chi connectivity index (χ0n) is 11.8. The average Bonchev–Trinajstić information content (AvgIpc) is 2.33. The zero-order valence-corrected chi connectivity index (χ0v) is 12.7. The Morgan fingerprint density at radius 2 is 2.15 bits per heavy atom. The van der Waals surface area contributed by atoms with Crippen LogP contribution in [0.2, 0.25) is 0 Å². The monoisotopic (exact) mass is 296 g/mol. The van der Waals surface area contributed by atoms with Crippen molar-refractivity contribution in [3.8, 4) is 0 Å². The maximum atomic E-state index is 11.8. The highest BCUT2D eigenvalue weighted by molar-refractivity contribution is 7.85. The van der Waals surface area contributed by atoms with E-state index >= 15 is 0 Å². The van der Waals surface area contributed by atoms with Crippen LogP contribution in [0.15, 0.2) is 18.2 Å². The van der Waals surface area contributed by atoms with Crippen LogP contribution in [0.1, 0.15) is 30.4 Å². The first kappa shape index (κ1) is 15.1. The van der Waals surface area contributed by atoms with Crippen LogP contribution in [0.25, 0.3) is 0 Å². The molecule has 1 aliphatic carbocycles. The summed E-state index contributed by atoms with van der Waals surface area (Å²) >= 11 is 0. The van der Waals surface area contributed by atoms with Gasteiger partial charge in [-0.25, -0.2) is 0 Å². The van der Waals surface area contributed by atoms with Crippen molar-refractivity contribution in [1.82, 2.24) is 5.32 Å². The van der Waals surface area contributed by atoms with E-state index in [2.05, 4.69) is 5.32 Å². The third kappa shape index (κ3) is 3.07. The van der Waals surface area contributed by atoms with E-state index in [4.69, 9.17) is 0 Å². The van der Waals surface area contributed by atoms with Crippen LogP contribution in [0, 0.1) is 17.0 Å². The largest absolute Gasteiger partial charge is 0.311 e. The minimum Gasteiger partial charge on any atom is -0.311 e. The van der Waals surface area contributed by atoms with Gasteiger partial charge in [-0.15, -0.1) is 0 Å². The molecule has 1 fully saturated rings. The number of nitrogens with zero attached hydrogens (tertiary/aromatic N) is 1. The van der Waals surface area contributed by atoms with Crippen molar-refractivity contribution in [1.29, 1.82) is 0 Å². The lowest BCUT2D eigenvalue weighted by Gasteiger charge is -2.40. The third-order valence-electron chi connectivity index (χ3n) is 4.12. The molecule has 1 aromatic carbocycles. The van der Waals surface area contributed by atoms with E-state index in [1.807, 2.05) is 6.07 Å². The quantitative estimate of drug-likeness (QED) is 0.646. The van der Waals surface area contributed by atoms with E-state index in [1.165, 1.54) is 0 Å². The van der Waals surface area contributed by atoms with Gasteiger partial charge < -0.3 is 5.32 Å². The van der Waals surface area contributed by atoms with Gasteiger partial charge in [0, 0.05) is 41.8 Å². The van der Waals surface area contributed by atoms with Crippen molar-refractivity contribution in [3.63, 3.8) is 0 Å². The summed E-state index contributed by atoms with van der Waals surface area (Å²) in [5.41, 5.74) is 1.71. The molecule has 110 valence electrons. The standard InChI is InChI=1S/C14H20N2O3S/c1-11-4-5-12(8-13(11)16(17)18)9-15-10-14(20(2)19)6-3-7-14/h4-5,8,15H,3,6-7,9-10H2,1-2H3. The van der Waals surface area contributed by atoms with Gasteiger partial charge in [0.1, 0.15) is 0 Å². The van der Waals surface area contributed by atoms with E-state index in [1.54, 1.807) is 25.3 Å². The highest BCUT2D eigenvalue weighted by atomic mass is 32.2. The molecule has 0 saturated heterocycles. The Morgan fingerprint density at radius 1 is 1.45 bits per heavy atom. The van der Waals surface area contributed by atoms with E-state index in [9.17, 15) is 14.3 Å². The Balaban J connectivity index is 1.96. The van der Waals surface area contributed by atoms with Gasteiger partial charge >= 0.3 is 0 Å². The van der Waals surface area contributed by atoms with E-state index in [0.717, 1.165) is 24.8 Å². The van der Waals surface area contributed by atoms with Crippen LogP contribution < -0.4 is 5.32 Å². The number of nitro benzene ring substituents is 1. The van der Waals surface area contributed by atoms with E-state index < -0.39 is 10.8 Å². The smallest absolute Gasteiger partial charge is 0.272 e. The summed E-state index contributed by atoms with van der Waals surface area (Å²) in [5, 5.41) is 14.2. The van der Waals surface area contributed by atoms with Crippen LogP contribution in [0.4, 0.5) is 5.69 Å². The second-order valence-electron chi connectivity index (χ2n) is 5.47. The molecule has 1 aliphatic rings. The highest BCUT2D eigenvalue weighted by Crippen LogP contribution is 2.36. The predicted octanol–water partition coefficient (Wildman–Crippen LogP) is 2.29. The Kier molecular flexibility index (Phi) is 4.55. The molecule has 1 aromatic rings. The normalized spacial score (nSPS) is 18.3. The summed E-state index contributed by atoms with van der Waals surface area (Å²) in [6, 6.07) is 5.27. The molecular formula is C14H20N2O3S. The van der Waals surface area contributed by atoms with Gasteiger partial charge in [-0.3, -0.25) is 14.3 Å². The Morgan fingerprint density at radius 3 is 2.65 bits per heavy atom. The molecular weight excluding hydrogens is 276 g/mol. The molecule has 1 unspecified atom stereocenters. The number of hydrogen-bond donors (Lipinski definition) is 1. The number of nitro groups is 1. The summed E-state index contributed by atoms with van der Waals surface area (Å²) in [6.45, 7) is 3.01. The Labute approximate surface area is 121 Å². The minimum atomic E-state index is -0.826. The summed E-state index contributed by atoms with van der Waals surface area (Å²) in [7, 11) is -0.826. The average molecular weight is 296 g/mol. The van der Waals surface area contributed by atoms with Crippen LogP contribution >= 0.6 is 0 Å². The second kappa shape index (κ2) is 6.01. The van der Waals surface area contributed by atoms with Crippen LogP contribution in [-0.4, -0.2) is 26.7 Å². The molecule has 0 spiro atoms. The zero-order chi connectivity index (χ0) is 14.8. The second-order valence-corrected chi connectivity index (χ2v) is 7.25. The molecule has 0 amide bonds. The van der Waals surface area contributed by atoms with Crippen LogP contribution in [0.3, 0.4) is 0 Å². The van der Waals surface area contributed by atoms with Crippen molar-refractivity contribution in [2.24, 2.45) is 0 Å². The highest BCUT2D eigenvalue weighted by Gasteiger charge is 2.40. The van der Waals surface area contributed by atoms with Gasteiger partial charge in [-0.2, -0.15) is 0 Å². The molecule has 0 heterocycles. The fraction of sp³-hybridized carbons (Fsp3) is 0.571. The fourth-order valence-corrected chi connectivity index (χ4v) is 3.70. The summed E-state index contributed by atoms with van der Waals surface area (Å²) < 4.78 is 11.7. The number of rotatable bonds is 6. The number of hydrogen-bond acceptors (Lipinski definition) is 4. The van der Waals surface area contributed by atoms with Gasteiger partial charge in [0.15, 0.2) is 0 Å². The van der Waals surface area contributed by atoms with Crippen LogP contribution in [-0.2, 0) is 17.3 Å². The molecule has 5 nitrogen and oxygen atoms in total. The number of benzene rings is 1. The van der Waals surface area contributed by atoms with Gasteiger partial charge in [0.2, 0.25) is 0 Å². The van der Waals surface area contributed by atoms with Crippen molar-refractivity contribution < 1.29 is 9.13 Å². The summed E-state index contributed by atoms with van der Waals surface area (Å²) in [5.74, 6) is 0. The van der Waals surface area contributed by atoms with Gasteiger partial charge in [0.25, 0.3) is 5.69 Å². The van der Waals surface area contributed by atoms with Gasteiger partial charge in [-0.05, 0) is 25.3 Å². The molecule has 2 rings (SSSR count). The molecule has 6 heteroatoms. The molecule has 1 N–H and O–H groups in total. The first-order chi connectivity index (χ1) is 9.44. The number of aryl methyl sites for hydroxylation is 1. The minimum absolute atomic E-state index is 0.0867. The van der Waals surface area contributed by atoms with Crippen molar-refractivity contribution in [2.45, 2.75) is 37.5 Å². The molecule has 0 bridgehead atoms. The van der Waals surface area contributed by atoms with Crippen molar-refractivity contribution in [3.05, 3.63) is 39.4 Å². The van der Waals surface area contributed by atoms with E-state index in [-0.39, 0.29) is 15.4 Å². The summed E-state index contributed by atoms with van der Waals surface area (Å²) in [6.07, 6.45) is 4.89. The first-order valence-electron chi connectivity index (χ1n) is 6.73. The predicted molar refractivity (Wildman–Crippen MR) is 80.2 cm³/mol. The van der Waals surface area contributed by atoms with Gasteiger partial charge in [0.05, 0.1) is 9.67 Å². The third-order valence-corrected chi connectivity index (χ3v) is 5.89. The lowest BCUT2D eigenvalue weighted by Crippen LogP contribution is -2.49. The lowest BCUT2D eigenvalue weighted by atomic mass is 9.84. The fourth-order valence-electron chi connectivity index (χ4n) is 2.53. The molecule has 1 atom stereocenters. The Bertz CT molecular complexity index is 541. The first-order valence-corrected chi connectivity index (χ1v) is 8.29. The maximum absolute atomic E-state index is 11.8. The van der Waals surface area contributed by atoms with Crippen LogP contribution in [0.5, 0.6) is 0 Å². The van der Waals surface area contributed by atoms with Crippen molar-refractivity contribution >= 4 is 16.5 Å². The lowest BCUT2D eigenvalue weighted by molar-refractivity contribution is -0.385. The molecule has 0 aliphatic heterocycles. The number of nitrogens with one attached hydrogen (secondary N) is 1. The van der Waals surface area contributed by atoms with Gasteiger partial charge in [-0.1, -0.05) is 18.6 Å². The molecule has 20 heavy (non-hydrogen) atoms. The summed E-state index contributed by atoms with van der Waals surface area (Å²) in [4.78, 5) is 10.5. The topological polar surface area (TPSA) is 72.2 Å². The SMILES string of the molecule is Cc1ccc(CNCC2(S(C)=O)CCC2)cc1[N+](=O)[O-]. The Hall–Kier alpha value is -1.27. The van der Waals surface area contributed by atoms with E-state index in [0.29, 0.717) is 18.7 Å². The molecule has 0 radical (unpaired) electrons. The molecule has 0 aromatic heterocycles. The maximum Gasteiger partial charge on any atom is 0.272 e.